The standard InChI is InChI=1S/C24H24ClFN6O3/c1-2-35-24(34)18(13-28-31-27)10-16(11-23(33)22-14-29-32-30-22)9-15-3-5-17(6-4-15)20-12-19(25)7-8-21(20)26/h3-8,12,14,16,18H,2,9-11,13H2,1H3,(H,29,30,32)/t16-,18+/m1/s1. The van der Waals surface area contributed by atoms with E-state index in [0.717, 1.165) is 5.56 Å². The van der Waals surface area contributed by atoms with Crippen LogP contribution in [-0.2, 0) is 16.0 Å². The predicted octanol–water partition coefficient (Wildman–Crippen LogP) is 5.58. The Bertz CT molecular complexity index is 1200. The zero-order valence-corrected chi connectivity index (χ0v) is 19.8. The Kier molecular flexibility index (Phi) is 9.34. The van der Waals surface area contributed by atoms with Gasteiger partial charge in [0.05, 0.1) is 18.7 Å². The molecule has 0 aliphatic heterocycles. The first-order chi connectivity index (χ1) is 16.9. The van der Waals surface area contributed by atoms with E-state index in [1.54, 1.807) is 25.1 Å². The van der Waals surface area contributed by atoms with Crippen molar-refractivity contribution in [1.82, 2.24) is 15.4 Å². The normalized spacial score (nSPS) is 12.4. The summed E-state index contributed by atoms with van der Waals surface area (Å²) >= 11 is 6.01. The molecule has 0 aliphatic carbocycles. The molecule has 1 aromatic heterocycles. The maximum absolute atomic E-state index is 14.2. The third-order valence-corrected chi connectivity index (χ3v) is 5.73. The molecule has 11 heteroatoms. The number of carbonyl (C=O) groups excluding carboxylic acids is 2. The molecular formula is C24H24ClFN6O3. The van der Waals surface area contributed by atoms with Crippen LogP contribution in [0.15, 0.2) is 53.8 Å². The number of ketones is 1. The third kappa shape index (κ3) is 7.37. The fourth-order valence-electron chi connectivity index (χ4n) is 3.86. The van der Waals surface area contributed by atoms with Gasteiger partial charge in [-0.05, 0) is 60.5 Å². The highest BCUT2D eigenvalue weighted by molar-refractivity contribution is 6.30. The number of nitrogens with one attached hydrogen (secondary N) is 1. The van der Waals surface area contributed by atoms with Gasteiger partial charge in [-0.2, -0.15) is 15.4 Å². The van der Waals surface area contributed by atoms with Crippen molar-refractivity contribution < 1.29 is 18.7 Å². The van der Waals surface area contributed by atoms with Crippen LogP contribution in [0.4, 0.5) is 4.39 Å². The molecule has 2 atom stereocenters. The number of halogens is 2. The van der Waals surface area contributed by atoms with E-state index in [0.29, 0.717) is 22.6 Å². The lowest BCUT2D eigenvalue weighted by molar-refractivity contribution is -0.148. The van der Waals surface area contributed by atoms with Crippen LogP contribution in [0, 0.1) is 17.7 Å². The van der Waals surface area contributed by atoms with Crippen molar-refractivity contribution in [2.24, 2.45) is 17.0 Å². The lowest BCUT2D eigenvalue weighted by atomic mass is 9.85. The lowest BCUT2D eigenvalue weighted by Crippen LogP contribution is -2.25. The summed E-state index contributed by atoms with van der Waals surface area (Å²) in [7, 11) is 0. The largest absolute Gasteiger partial charge is 0.466 e. The Morgan fingerprint density at radius 2 is 2.03 bits per heavy atom. The maximum Gasteiger partial charge on any atom is 0.309 e. The van der Waals surface area contributed by atoms with Crippen molar-refractivity contribution in [2.45, 2.75) is 26.2 Å². The molecule has 0 saturated carbocycles. The summed E-state index contributed by atoms with van der Waals surface area (Å²) in [4.78, 5) is 27.9. The van der Waals surface area contributed by atoms with E-state index in [1.165, 1.54) is 18.3 Å². The van der Waals surface area contributed by atoms with E-state index in [2.05, 4.69) is 25.4 Å². The SMILES string of the molecule is CCOC(=O)[C@H](CN=[N+]=[N-])C[C@H](CC(=O)c1cn[nH]n1)Cc1ccc(-c2cc(Cl)ccc2F)cc1. The summed E-state index contributed by atoms with van der Waals surface area (Å²) in [6.07, 6.45) is 2.17. The fourth-order valence-corrected chi connectivity index (χ4v) is 4.03. The second-order valence-electron chi connectivity index (χ2n) is 7.97. The van der Waals surface area contributed by atoms with Gasteiger partial charge in [-0.25, -0.2) is 4.39 Å². The van der Waals surface area contributed by atoms with E-state index in [-0.39, 0.29) is 49.2 Å². The van der Waals surface area contributed by atoms with Gasteiger partial charge in [0.2, 0.25) is 0 Å². The van der Waals surface area contributed by atoms with Gasteiger partial charge in [-0.1, -0.05) is 41.0 Å². The molecule has 0 aliphatic rings. The van der Waals surface area contributed by atoms with Gasteiger partial charge in [-0.15, -0.1) is 0 Å². The highest BCUT2D eigenvalue weighted by Crippen LogP contribution is 2.28. The summed E-state index contributed by atoms with van der Waals surface area (Å²) in [6.45, 7) is 1.81. The van der Waals surface area contributed by atoms with Crippen molar-refractivity contribution in [3.05, 3.63) is 81.2 Å². The molecular weight excluding hydrogens is 475 g/mol. The van der Waals surface area contributed by atoms with Crippen LogP contribution in [0.1, 0.15) is 35.8 Å². The van der Waals surface area contributed by atoms with Crippen molar-refractivity contribution in [1.29, 1.82) is 0 Å². The van der Waals surface area contributed by atoms with E-state index >= 15 is 0 Å². The molecule has 35 heavy (non-hydrogen) atoms. The average molecular weight is 499 g/mol. The van der Waals surface area contributed by atoms with E-state index in [4.69, 9.17) is 21.9 Å². The average Bonchev–Trinajstić information content (AvgIpc) is 3.39. The second kappa shape index (κ2) is 12.6. The Morgan fingerprint density at radius 1 is 1.26 bits per heavy atom. The Balaban J connectivity index is 1.82. The Hall–Kier alpha value is -3.75. The van der Waals surface area contributed by atoms with Gasteiger partial charge in [0.1, 0.15) is 11.5 Å². The van der Waals surface area contributed by atoms with Crippen LogP contribution in [-0.4, -0.2) is 40.3 Å². The topological polar surface area (TPSA) is 134 Å². The highest BCUT2D eigenvalue weighted by atomic mass is 35.5. The summed E-state index contributed by atoms with van der Waals surface area (Å²) in [5, 5.41) is 13.9. The minimum Gasteiger partial charge on any atom is -0.466 e. The third-order valence-electron chi connectivity index (χ3n) is 5.50. The number of aromatic amines is 1. The highest BCUT2D eigenvalue weighted by Gasteiger charge is 2.26. The molecule has 0 amide bonds. The first-order valence-electron chi connectivity index (χ1n) is 11.0. The van der Waals surface area contributed by atoms with Crippen LogP contribution in [0.25, 0.3) is 21.6 Å². The smallest absolute Gasteiger partial charge is 0.309 e. The van der Waals surface area contributed by atoms with Crippen molar-refractivity contribution in [3.8, 4) is 11.1 Å². The van der Waals surface area contributed by atoms with Gasteiger partial charge in [0.15, 0.2) is 5.78 Å². The number of nitrogens with zero attached hydrogens (tertiary/aromatic N) is 5. The number of benzene rings is 2. The van der Waals surface area contributed by atoms with Crippen LogP contribution in [0.2, 0.25) is 5.02 Å². The predicted molar refractivity (Wildman–Crippen MR) is 128 cm³/mol. The van der Waals surface area contributed by atoms with E-state index < -0.39 is 11.9 Å². The molecule has 0 spiro atoms. The minimum atomic E-state index is -0.694. The number of azide groups is 1. The molecule has 1 N–H and O–H groups in total. The zero-order valence-electron chi connectivity index (χ0n) is 19.0. The molecule has 1 heterocycles. The summed E-state index contributed by atoms with van der Waals surface area (Å²) in [5.74, 6) is -2.07. The monoisotopic (exact) mass is 498 g/mol. The molecule has 0 unspecified atom stereocenters. The number of Topliss-reactive ketones (excluding diaryl/α,β-unsaturated/α-hetero) is 1. The Labute approximate surface area is 206 Å². The maximum atomic E-state index is 14.2. The molecule has 182 valence electrons. The number of ether oxygens (including phenoxy) is 1. The van der Waals surface area contributed by atoms with Gasteiger partial charge in [0.25, 0.3) is 0 Å². The van der Waals surface area contributed by atoms with Gasteiger partial charge in [-0.3, -0.25) is 9.59 Å². The molecule has 0 radical (unpaired) electrons. The molecule has 2 aromatic carbocycles. The first-order valence-corrected chi connectivity index (χ1v) is 11.4. The quantitative estimate of drug-likeness (QED) is 0.114. The number of hydrogen-bond donors (Lipinski definition) is 1. The lowest BCUT2D eigenvalue weighted by Gasteiger charge is -2.21. The molecule has 0 fully saturated rings. The summed E-state index contributed by atoms with van der Waals surface area (Å²) in [5.41, 5.74) is 10.9. The molecule has 0 saturated heterocycles. The number of esters is 1. The number of aromatic nitrogens is 3. The first kappa shape index (κ1) is 25.9. The fraction of sp³-hybridized carbons (Fsp3) is 0.333. The summed E-state index contributed by atoms with van der Waals surface area (Å²) in [6, 6.07) is 11.6. The molecule has 3 rings (SSSR count). The van der Waals surface area contributed by atoms with E-state index in [1.807, 2.05) is 12.1 Å². The summed E-state index contributed by atoms with van der Waals surface area (Å²) < 4.78 is 19.4. The van der Waals surface area contributed by atoms with Crippen molar-refractivity contribution in [3.63, 3.8) is 0 Å². The molecule has 3 aromatic rings. The van der Waals surface area contributed by atoms with Crippen LogP contribution in [0.3, 0.4) is 0 Å². The van der Waals surface area contributed by atoms with Crippen molar-refractivity contribution >= 4 is 23.4 Å². The van der Waals surface area contributed by atoms with Gasteiger partial charge < -0.3 is 4.74 Å². The van der Waals surface area contributed by atoms with E-state index in [9.17, 15) is 14.0 Å². The van der Waals surface area contributed by atoms with Crippen molar-refractivity contribution in [2.75, 3.05) is 13.2 Å². The number of H-pyrrole nitrogens is 1. The number of carbonyl (C=O) groups is 2. The number of rotatable bonds is 12. The zero-order chi connectivity index (χ0) is 25.2. The van der Waals surface area contributed by atoms with Crippen LogP contribution < -0.4 is 0 Å². The second-order valence-corrected chi connectivity index (χ2v) is 8.41. The molecule has 0 bridgehead atoms. The van der Waals surface area contributed by atoms with Gasteiger partial charge in [0, 0.05) is 28.5 Å². The number of hydrogen-bond acceptors (Lipinski definition) is 6. The minimum absolute atomic E-state index is 0.0725. The molecule has 9 nitrogen and oxygen atoms in total. The van der Waals surface area contributed by atoms with Crippen LogP contribution in [0.5, 0.6) is 0 Å². The Morgan fingerprint density at radius 3 is 2.69 bits per heavy atom. The van der Waals surface area contributed by atoms with Gasteiger partial charge >= 0.3 is 5.97 Å². The van der Waals surface area contributed by atoms with Crippen LogP contribution >= 0.6 is 11.6 Å².